The molecule has 0 unspecified atom stereocenters. The van der Waals surface area contributed by atoms with Gasteiger partial charge in [-0.25, -0.2) is 0 Å². The summed E-state index contributed by atoms with van der Waals surface area (Å²) < 4.78 is 0. The number of aryl methyl sites for hydroxylation is 2. The van der Waals surface area contributed by atoms with E-state index in [1.54, 1.807) is 0 Å². The van der Waals surface area contributed by atoms with Crippen molar-refractivity contribution in [3.8, 4) is 0 Å². The minimum Gasteiger partial charge on any atom is -0.261 e. The predicted molar refractivity (Wildman–Crippen MR) is 81.3 cm³/mol. The van der Waals surface area contributed by atoms with Crippen molar-refractivity contribution >= 4 is 11.9 Å². The molecule has 0 aliphatic rings. The molecule has 19 heavy (non-hydrogen) atoms. The zero-order valence-corrected chi connectivity index (χ0v) is 11.6. The van der Waals surface area contributed by atoms with Gasteiger partial charge in [0.05, 0.1) is 5.69 Å². The predicted octanol–water partition coefficient (Wildman–Crippen LogP) is 4.15. The highest BCUT2D eigenvalue weighted by Gasteiger charge is 2.00. The van der Waals surface area contributed by atoms with Crippen LogP contribution in [0.3, 0.4) is 0 Å². The Hall–Kier alpha value is -1.96. The molecular formula is C17H20N2. The van der Waals surface area contributed by atoms with E-state index in [9.17, 15) is 0 Å². The fraction of sp³-hybridized carbons (Fsp3) is 0.294. The van der Waals surface area contributed by atoms with Crippen LogP contribution in [0, 0.1) is 0 Å². The fourth-order valence-corrected chi connectivity index (χ4v) is 2.02. The summed E-state index contributed by atoms with van der Waals surface area (Å²) in [5.74, 6) is 0. The maximum absolute atomic E-state index is 4.58. The molecule has 0 atom stereocenters. The molecule has 1 aromatic carbocycles. The highest BCUT2D eigenvalue weighted by molar-refractivity contribution is 5.67. The molecule has 1 aromatic heterocycles. The van der Waals surface area contributed by atoms with Crippen LogP contribution in [0.25, 0.3) is 0 Å². The Kier molecular flexibility index (Phi) is 4.85. The second-order valence-corrected chi connectivity index (χ2v) is 4.51. The van der Waals surface area contributed by atoms with Gasteiger partial charge in [0.1, 0.15) is 0 Å². The third kappa shape index (κ3) is 3.75. The van der Waals surface area contributed by atoms with Crippen LogP contribution in [0.2, 0.25) is 0 Å². The van der Waals surface area contributed by atoms with Gasteiger partial charge in [0.2, 0.25) is 0 Å². The summed E-state index contributed by atoms with van der Waals surface area (Å²) in [5.41, 5.74) is 4.82. The molecule has 0 saturated heterocycles. The molecule has 2 nitrogen and oxygen atoms in total. The van der Waals surface area contributed by atoms with Crippen LogP contribution in [0.4, 0.5) is 5.69 Å². The Bertz CT molecular complexity index is 544. The van der Waals surface area contributed by atoms with E-state index in [-0.39, 0.29) is 0 Å². The molecule has 0 amide bonds. The number of aromatic nitrogens is 1. The molecule has 0 bridgehead atoms. The van der Waals surface area contributed by atoms with Gasteiger partial charge < -0.3 is 0 Å². The highest BCUT2D eigenvalue weighted by atomic mass is 14.7. The summed E-state index contributed by atoms with van der Waals surface area (Å²) in [6.45, 7) is 4.35. The normalized spacial score (nSPS) is 11.1. The first-order valence-electron chi connectivity index (χ1n) is 6.87. The standard InChI is InChI=1S/C17H20N2/c1-3-14-8-9-17(15(4-2)13-14)19-12-10-16-7-5-6-11-18-16/h5-9,11-13H,3-4,10H2,1-2H3. The molecule has 2 rings (SSSR count). The lowest BCUT2D eigenvalue weighted by Crippen LogP contribution is -1.90. The van der Waals surface area contributed by atoms with Crippen molar-refractivity contribution in [2.24, 2.45) is 4.99 Å². The first kappa shape index (κ1) is 13.5. The van der Waals surface area contributed by atoms with E-state index >= 15 is 0 Å². The summed E-state index contributed by atoms with van der Waals surface area (Å²) in [6.07, 6.45) is 6.63. The average molecular weight is 252 g/mol. The van der Waals surface area contributed by atoms with E-state index in [0.717, 1.165) is 30.6 Å². The summed E-state index contributed by atoms with van der Waals surface area (Å²) in [5, 5.41) is 0. The molecule has 0 saturated carbocycles. The topological polar surface area (TPSA) is 25.2 Å². The van der Waals surface area contributed by atoms with E-state index in [1.165, 1.54) is 11.1 Å². The third-order valence-corrected chi connectivity index (χ3v) is 3.19. The number of hydrogen-bond donors (Lipinski definition) is 0. The van der Waals surface area contributed by atoms with E-state index in [0.29, 0.717) is 0 Å². The molecule has 0 aliphatic carbocycles. The molecule has 2 aromatic rings. The first-order chi connectivity index (χ1) is 9.33. The van der Waals surface area contributed by atoms with Crippen molar-refractivity contribution in [2.45, 2.75) is 33.1 Å². The van der Waals surface area contributed by atoms with Crippen molar-refractivity contribution < 1.29 is 0 Å². The fourth-order valence-electron chi connectivity index (χ4n) is 2.02. The number of aliphatic imine (C=N–C) groups is 1. The average Bonchev–Trinajstić information content (AvgIpc) is 2.48. The minimum atomic E-state index is 0.777. The zero-order valence-electron chi connectivity index (χ0n) is 11.6. The summed E-state index contributed by atoms with van der Waals surface area (Å²) in [7, 11) is 0. The van der Waals surface area contributed by atoms with E-state index in [2.05, 4.69) is 42.0 Å². The molecule has 0 radical (unpaired) electrons. The van der Waals surface area contributed by atoms with Crippen LogP contribution < -0.4 is 0 Å². The van der Waals surface area contributed by atoms with E-state index in [1.807, 2.05) is 30.6 Å². The lowest BCUT2D eigenvalue weighted by molar-refractivity contribution is 1.08. The SMILES string of the molecule is CCc1ccc(N=CCc2ccccn2)c(CC)c1. The number of hydrogen-bond acceptors (Lipinski definition) is 2. The maximum atomic E-state index is 4.58. The molecule has 0 spiro atoms. The Morgan fingerprint density at radius 2 is 2.00 bits per heavy atom. The van der Waals surface area contributed by atoms with Gasteiger partial charge in [0.25, 0.3) is 0 Å². The van der Waals surface area contributed by atoms with Crippen LogP contribution in [-0.4, -0.2) is 11.2 Å². The van der Waals surface area contributed by atoms with Gasteiger partial charge >= 0.3 is 0 Å². The van der Waals surface area contributed by atoms with Crippen molar-refractivity contribution in [2.75, 3.05) is 0 Å². The molecular weight excluding hydrogens is 232 g/mol. The Morgan fingerprint density at radius 3 is 2.68 bits per heavy atom. The van der Waals surface area contributed by atoms with Crippen molar-refractivity contribution in [1.82, 2.24) is 4.98 Å². The summed E-state index contributed by atoms with van der Waals surface area (Å²) in [4.78, 5) is 8.87. The van der Waals surface area contributed by atoms with Crippen LogP contribution in [0.5, 0.6) is 0 Å². The van der Waals surface area contributed by atoms with Crippen molar-refractivity contribution in [1.29, 1.82) is 0 Å². The Balaban J connectivity index is 2.10. The lowest BCUT2D eigenvalue weighted by atomic mass is 10.1. The van der Waals surface area contributed by atoms with Crippen molar-refractivity contribution in [3.63, 3.8) is 0 Å². The Labute approximate surface area is 115 Å². The van der Waals surface area contributed by atoms with Gasteiger partial charge in [-0.15, -0.1) is 0 Å². The monoisotopic (exact) mass is 252 g/mol. The number of benzene rings is 1. The van der Waals surface area contributed by atoms with E-state index in [4.69, 9.17) is 0 Å². The smallest absolute Gasteiger partial charge is 0.0657 e. The number of pyridine rings is 1. The van der Waals surface area contributed by atoms with Gasteiger partial charge in [0.15, 0.2) is 0 Å². The first-order valence-corrected chi connectivity index (χ1v) is 6.87. The van der Waals surface area contributed by atoms with Crippen LogP contribution in [-0.2, 0) is 19.3 Å². The molecule has 0 N–H and O–H groups in total. The van der Waals surface area contributed by atoms with E-state index < -0.39 is 0 Å². The van der Waals surface area contributed by atoms with Gasteiger partial charge in [0, 0.05) is 24.5 Å². The molecule has 98 valence electrons. The highest BCUT2D eigenvalue weighted by Crippen LogP contribution is 2.21. The second kappa shape index (κ2) is 6.83. The molecule has 1 heterocycles. The Morgan fingerprint density at radius 1 is 1.11 bits per heavy atom. The number of nitrogens with zero attached hydrogens (tertiary/aromatic N) is 2. The van der Waals surface area contributed by atoms with Crippen LogP contribution in [0.1, 0.15) is 30.7 Å². The quantitative estimate of drug-likeness (QED) is 0.734. The second-order valence-electron chi connectivity index (χ2n) is 4.51. The van der Waals surface area contributed by atoms with Crippen LogP contribution in [0.15, 0.2) is 47.6 Å². The number of rotatable bonds is 5. The lowest BCUT2D eigenvalue weighted by Gasteiger charge is -2.05. The van der Waals surface area contributed by atoms with Gasteiger partial charge in [-0.3, -0.25) is 9.98 Å². The van der Waals surface area contributed by atoms with Crippen molar-refractivity contribution in [3.05, 3.63) is 59.4 Å². The molecule has 2 heteroatoms. The third-order valence-electron chi connectivity index (χ3n) is 3.19. The summed E-state index contributed by atoms with van der Waals surface area (Å²) in [6, 6.07) is 12.5. The summed E-state index contributed by atoms with van der Waals surface area (Å²) >= 11 is 0. The minimum absolute atomic E-state index is 0.777. The maximum Gasteiger partial charge on any atom is 0.0657 e. The largest absolute Gasteiger partial charge is 0.261 e. The molecule has 0 fully saturated rings. The zero-order chi connectivity index (χ0) is 13.5. The van der Waals surface area contributed by atoms with Gasteiger partial charge in [-0.05, 0) is 42.2 Å². The van der Waals surface area contributed by atoms with Crippen LogP contribution >= 0.6 is 0 Å². The van der Waals surface area contributed by atoms with Gasteiger partial charge in [-0.1, -0.05) is 32.0 Å². The molecule has 0 aliphatic heterocycles. The van der Waals surface area contributed by atoms with Gasteiger partial charge in [-0.2, -0.15) is 0 Å².